The molecular weight excluding hydrogens is 260 g/mol. The lowest BCUT2D eigenvalue weighted by Gasteiger charge is -2.34. The van der Waals surface area contributed by atoms with Crippen LogP contribution in [0.4, 0.5) is 0 Å². The Morgan fingerprint density at radius 3 is 2.80 bits per heavy atom. The number of carboxylic acid groups (broad SMARTS) is 1. The van der Waals surface area contributed by atoms with Crippen molar-refractivity contribution >= 4 is 11.9 Å². The zero-order valence-corrected chi connectivity index (χ0v) is 11.2. The number of carboxylic acids is 1. The number of carbonyl (C=O) groups is 2. The summed E-state index contributed by atoms with van der Waals surface area (Å²) >= 11 is 0. The Morgan fingerprint density at radius 1 is 1.25 bits per heavy atom. The van der Waals surface area contributed by atoms with Crippen molar-refractivity contribution in [1.82, 2.24) is 10.2 Å². The molecule has 20 heavy (non-hydrogen) atoms. The third-order valence-electron chi connectivity index (χ3n) is 4.20. The fourth-order valence-corrected chi connectivity index (χ4v) is 3.19. The predicted octanol–water partition coefficient (Wildman–Crippen LogP) is 1.33. The second-order valence-corrected chi connectivity index (χ2v) is 5.50. The first-order chi connectivity index (χ1) is 9.63. The second-order valence-electron chi connectivity index (χ2n) is 5.50. The van der Waals surface area contributed by atoms with E-state index in [9.17, 15) is 9.59 Å². The van der Waals surface area contributed by atoms with Crippen molar-refractivity contribution in [1.29, 1.82) is 0 Å². The molecule has 2 atom stereocenters. The molecule has 0 bridgehead atoms. The molecule has 1 aromatic heterocycles. The quantitative estimate of drug-likeness (QED) is 0.871. The molecule has 3 heterocycles. The van der Waals surface area contributed by atoms with Crippen molar-refractivity contribution in [2.24, 2.45) is 0 Å². The van der Waals surface area contributed by atoms with Crippen molar-refractivity contribution in [3.63, 3.8) is 0 Å². The van der Waals surface area contributed by atoms with E-state index in [1.54, 1.807) is 0 Å². The average molecular weight is 278 g/mol. The Hall–Kier alpha value is -1.82. The van der Waals surface area contributed by atoms with Crippen molar-refractivity contribution in [2.75, 3.05) is 13.1 Å². The Morgan fingerprint density at radius 2 is 2.05 bits per heavy atom. The van der Waals surface area contributed by atoms with Gasteiger partial charge in [-0.25, -0.2) is 4.79 Å². The molecule has 0 radical (unpaired) electrons. The number of nitrogens with one attached hydrogen (secondary N) is 1. The normalized spacial score (nSPS) is 26.2. The van der Waals surface area contributed by atoms with Crippen LogP contribution in [0.3, 0.4) is 0 Å². The molecular formula is C14H18N2O4. The Kier molecular flexibility index (Phi) is 3.48. The van der Waals surface area contributed by atoms with Gasteiger partial charge in [-0.05, 0) is 44.4 Å². The first-order valence-electron chi connectivity index (χ1n) is 7.01. The molecule has 1 aromatic rings. The summed E-state index contributed by atoms with van der Waals surface area (Å²) < 4.78 is 5.01. The van der Waals surface area contributed by atoms with E-state index in [4.69, 9.17) is 9.52 Å². The Balaban J connectivity index is 1.59. The predicted molar refractivity (Wildman–Crippen MR) is 70.8 cm³/mol. The van der Waals surface area contributed by atoms with Gasteiger partial charge in [-0.1, -0.05) is 0 Å². The van der Waals surface area contributed by atoms with E-state index < -0.39 is 5.97 Å². The fraction of sp³-hybridized carbons (Fsp3) is 0.571. The monoisotopic (exact) mass is 278 g/mol. The summed E-state index contributed by atoms with van der Waals surface area (Å²) in [5.74, 6) is -1.63. The van der Waals surface area contributed by atoms with Gasteiger partial charge in [0.2, 0.25) is 5.76 Å². The van der Waals surface area contributed by atoms with Crippen LogP contribution in [0.25, 0.3) is 0 Å². The highest BCUT2D eigenvalue weighted by Crippen LogP contribution is 2.27. The first kappa shape index (κ1) is 13.2. The summed E-state index contributed by atoms with van der Waals surface area (Å²) in [7, 11) is 0. The number of piperidine rings is 1. The maximum absolute atomic E-state index is 12.0. The van der Waals surface area contributed by atoms with Gasteiger partial charge in [-0.3, -0.25) is 4.79 Å². The van der Waals surface area contributed by atoms with Crippen LogP contribution in [-0.4, -0.2) is 47.1 Å². The van der Waals surface area contributed by atoms with Gasteiger partial charge in [0.15, 0.2) is 5.76 Å². The van der Waals surface area contributed by atoms with Crippen molar-refractivity contribution in [2.45, 2.75) is 37.8 Å². The number of amides is 1. The molecule has 6 heteroatoms. The maximum Gasteiger partial charge on any atom is 0.371 e. The van der Waals surface area contributed by atoms with Gasteiger partial charge < -0.3 is 19.7 Å². The summed E-state index contributed by atoms with van der Waals surface area (Å²) in [5.41, 5.74) is 0. The average Bonchev–Trinajstić information content (AvgIpc) is 3.07. The molecule has 2 N–H and O–H groups in total. The Bertz CT molecular complexity index is 525. The van der Waals surface area contributed by atoms with Crippen LogP contribution in [0.1, 0.15) is 46.8 Å². The van der Waals surface area contributed by atoms with E-state index in [0.717, 1.165) is 19.4 Å². The van der Waals surface area contributed by atoms with Crippen LogP contribution in [0.15, 0.2) is 16.5 Å². The molecule has 6 nitrogen and oxygen atoms in total. The number of furan rings is 1. The number of hydrogen-bond donors (Lipinski definition) is 2. The number of fused-ring (bicyclic) bond motifs is 1. The summed E-state index contributed by atoms with van der Waals surface area (Å²) in [4.78, 5) is 25.2. The lowest BCUT2D eigenvalue weighted by Crippen LogP contribution is -2.47. The summed E-state index contributed by atoms with van der Waals surface area (Å²) in [6.07, 6.45) is 4.36. The highest BCUT2D eigenvalue weighted by molar-refractivity contribution is 5.93. The van der Waals surface area contributed by atoms with Crippen molar-refractivity contribution in [3.8, 4) is 0 Å². The zero-order chi connectivity index (χ0) is 14.1. The first-order valence-corrected chi connectivity index (χ1v) is 7.01. The van der Waals surface area contributed by atoms with Crippen LogP contribution >= 0.6 is 0 Å². The van der Waals surface area contributed by atoms with Crippen LogP contribution in [-0.2, 0) is 0 Å². The van der Waals surface area contributed by atoms with E-state index in [2.05, 4.69) is 10.2 Å². The summed E-state index contributed by atoms with van der Waals surface area (Å²) in [5, 5.41) is 11.7. The van der Waals surface area contributed by atoms with E-state index in [0.29, 0.717) is 6.04 Å². The van der Waals surface area contributed by atoms with E-state index >= 15 is 0 Å². The third-order valence-corrected chi connectivity index (χ3v) is 4.20. The van der Waals surface area contributed by atoms with Crippen molar-refractivity contribution < 1.29 is 19.1 Å². The van der Waals surface area contributed by atoms with Crippen LogP contribution in [0.5, 0.6) is 0 Å². The highest BCUT2D eigenvalue weighted by atomic mass is 16.4. The lowest BCUT2D eigenvalue weighted by molar-refractivity contribution is 0.0659. The number of rotatable bonds is 3. The number of nitrogens with zero attached hydrogens (tertiary/aromatic N) is 1. The molecule has 108 valence electrons. The molecule has 2 aliphatic heterocycles. The van der Waals surface area contributed by atoms with E-state index in [1.807, 2.05) is 0 Å². The summed E-state index contributed by atoms with van der Waals surface area (Å²) in [6.45, 7) is 2.19. The standard InChI is InChI=1S/C14H18N2O4/c17-13(11-3-4-12(20-11)14(18)19)15-9-5-7-16-6-1-2-10(16)8-9/h3-4,9-10H,1-2,5-8H2,(H,15,17)(H,18,19). The smallest absolute Gasteiger partial charge is 0.371 e. The lowest BCUT2D eigenvalue weighted by atomic mass is 9.97. The van der Waals surface area contributed by atoms with Gasteiger partial charge in [-0.15, -0.1) is 0 Å². The third kappa shape index (κ3) is 2.56. The number of carbonyl (C=O) groups excluding carboxylic acids is 1. The van der Waals surface area contributed by atoms with Gasteiger partial charge in [-0.2, -0.15) is 0 Å². The van der Waals surface area contributed by atoms with Gasteiger partial charge in [0.25, 0.3) is 5.91 Å². The molecule has 2 unspecified atom stereocenters. The largest absolute Gasteiger partial charge is 0.475 e. The minimum absolute atomic E-state index is 0.0660. The number of aromatic carboxylic acids is 1. The minimum atomic E-state index is -1.16. The number of hydrogen-bond acceptors (Lipinski definition) is 4. The fourth-order valence-electron chi connectivity index (χ4n) is 3.19. The molecule has 2 fully saturated rings. The minimum Gasteiger partial charge on any atom is -0.475 e. The zero-order valence-electron chi connectivity index (χ0n) is 11.2. The Labute approximate surface area is 116 Å². The van der Waals surface area contributed by atoms with E-state index in [-0.39, 0.29) is 23.5 Å². The van der Waals surface area contributed by atoms with Crippen LogP contribution in [0.2, 0.25) is 0 Å². The van der Waals surface area contributed by atoms with Gasteiger partial charge in [0.05, 0.1) is 0 Å². The molecule has 3 rings (SSSR count). The molecule has 2 saturated heterocycles. The second kappa shape index (κ2) is 5.28. The molecule has 0 spiro atoms. The SMILES string of the molecule is O=C(O)c1ccc(C(=O)NC2CCN3CCCC3C2)o1. The van der Waals surface area contributed by atoms with Crippen LogP contribution < -0.4 is 5.32 Å². The summed E-state index contributed by atoms with van der Waals surface area (Å²) in [6, 6.07) is 3.45. The maximum atomic E-state index is 12.0. The molecule has 0 saturated carbocycles. The van der Waals surface area contributed by atoms with Crippen LogP contribution in [0, 0.1) is 0 Å². The highest BCUT2D eigenvalue weighted by Gasteiger charge is 2.32. The molecule has 1 amide bonds. The van der Waals surface area contributed by atoms with E-state index in [1.165, 1.54) is 31.5 Å². The molecule has 2 aliphatic rings. The molecule has 0 aromatic carbocycles. The van der Waals surface area contributed by atoms with Gasteiger partial charge in [0, 0.05) is 18.6 Å². The van der Waals surface area contributed by atoms with Gasteiger partial charge in [0.1, 0.15) is 0 Å². The van der Waals surface area contributed by atoms with Crippen molar-refractivity contribution in [3.05, 3.63) is 23.7 Å². The topological polar surface area (TPSA) is 82.8 Å². The van der Waals surface area contributed by atoms with Gasteiger partial charge >= 0.3 is 5.97 Å². The molecule has 0 aliphatic carbocycles.